The number of anilines is 2. The van der Waals surface area contributed by atoms with Crippen molar-refractivity contribution in [2.75, 3.05) is 22.8 Å². The lowest BCUT2D eigenvalue weighted by molar-refractivity contribution is 0.133. The molecular weight excluding hydrogens is 549 g/mol. The van der Waals surface area contributed by atoms with Crippen LogP contribution < -0.4 is 14.4 Å². The molecule has 0 spiro atoms. The first-order chi connectivity index (χ1) is 19.7. The number of benzene rings is 2. The summed E-state index contributed by atoms with van der Waals surface area (Å²) in [4.78, 5) is 2.42. The van der Waals surface area contributed by atoms with Gasteiger partial charge in [0.15, 0.2) is 0 Å². The first kappa shape index (κ1) is 31.3. The molecule has 0 aromatic heterocycles. The molecule has 2 unspecified atom stereocenters. The summed E-state index contributed by atoms with van der Waals surface area (Å²) in [5.41, 5.74) is 3.41. The third-order valence-electron chi connectivity index (χ3n) is 8.31. The predicted molar refractivity (Wildman–Crippen MR) is 159 cm³/mol. The van der Waals surface area contributed by atoms with Crippen molar-refractivity contribution in [2.45, 2.75) is 95.8 Å². The molecule has 2 atom stereocenters. The predicted octanol–water partition coefficient (Wildman–Crippen LogP) is 8.84. The Labute approximate surface area is 243 Å². The fourth-order valence-electron chi connectivity index (χ4n) is 5.96. The summed E-state index contributed by atoms with van der Waals surface area (Å²) in [6, 6.07) is 8.96. The first-order valence-corrected chi connectivity index (χ1v) is 16.5. The van der Waals surface area contributed by atoms with E-state index in [1.54, 1.807) is 12.1 Å². The summed E-state index contributed by atoms with van der Waals surface area (Å²) in [5.74, 6) is 0.772. The molecule has 1 N–H and O–H groups in total. The molecule has 4 rings (SSSR count). The third kappa shape index (κ3) is 8.43. The number of hydrogen-bond acceptors (Lipinski definition) is 4. The van der Waals surface area contributed by atoms with E-state index in [0.29, 0.717) is 24.9 Å². The molecule has 0 saturated carbocycles. The van der Waals surface area contributed by atoms with Crippen LogP contribution in [0.1, 0.15) is 83.1 Å². The van der Waals surface area contributed by atoms with Crippen LogP contribution >= 0.6 is 0 Å². The fraction of sp³-hybridized carbons (Fsp3) is 0.562. The molecule has 1 fully saturated rings. The van der Waals surface area contributed by atoms with Gasteiger partial charge >= 0.3 is 0 Å². The monoisotopic (exact) mass is 592 g/mol. The number of nitrogens with one attached hydrogen (secondary N) is 1. The number of nitrogens with zero attached hydrogens (tertiary/aromatic N) is 1. The molecule has 1 saturated heterocycles. The molecule has 1 aliphatic heterocycles. The Balaban J connectivity index is 1.36. The number of allylic oxidation sites excluding steroid dienone is 2. The first-order valence-electron chi connectivity index (χ1n) is 15.0. The van der Waals surface area contributed by atoms with E-state index in [0.717, 1.165) is 69.2 Å². The largest absolute Gasteiger partial charge is 0.491 e. The van der Waals surface area contributed by atoms with Gasteiger partial charge in [0.2, 0.25) is 6.43 Å². The van der Waals surface area contributed by atoms with Gasteiger partial charge in [0.25, 0.3) is 10.0 Å². The molecule has 2 aliphatic rings. The Morgan fingerprint density at radius 1 is 1.00 bits per heavy atom. The van der Waals surface area contributed by atoms with Crippen LogP contribution in [0.5, 0.6) is 5.75 Å². The lowest BCUT2D eigenvalue weighted by Gasteiger charge is -2.30. The minimum absolute atomic E-state index is 0.0326. The summed E-state index contributed by atoms with van der Waals surface area (Å²) in [7, 11) is -3.96. The highest BCUT2D eigenvalue weighted by Gasteiger charge is 2.35. The van der Waals surface area contributed by atoms with Crippen LogP contribution in [-0.4, -0.2) is 28.0 Å². The second-order valence-corrected chi connectivity index (χ2v) is 13.1. The molecule has 9 heteroatoms. The van der Waals surface area contributed by atoms with Gasteiger partial charge in [0.1, 0.15) is 11.6 Å². The Bertz CT molecular complexity index is 1300. The number of sulfonamides is 1. The molecule has 0 radical (unpaired) electrons. The Kier molecular flexibility index (Phi) is 11.0. The van der Waals surface area contributed by atoms with E-state index >= 15 is 0 Å². The summed E-state index contributed by atoms with van der Waals surface area (Å²) in [5, 5.41) is 0. The van der Waals surface area contributed by atoms with Crippen LogP contribution in [0.4, 0.5) is 24.5 Å². The summed E-state index contributed by atoms with van der Waals surface area (Å²) >= 11 is 0. The van der Waals surface area contributed by atoms with Crippen LogP contribution in [0.25, 0.3) is 0 Å². The second-order valence-electron chi connectivity index (χ2n) is 11.4. The number of alkyl halides is 2. The Hall–Kier alpha value is -2.68. The van der Waals surface area contributed by atoms with Gasteiger partial charge in [-0.05, 0) is 74.8 Å². The Morgan fingerprint density at radius 2 is 1.73 bits per heavy atom. The summed E-state index contributed by atoms with van der Waals surface area (Å²) in [6.07, 6.45) is 9.20. The van der Waals surface area contributed by atoms with Crippen molar-refractivity contribution in [1.29, 1.82) is 0 Å². The van der Waals surface area contributed by atoms with Gasteiger partial charge in [-0.3, -0.25) is 4.72 Å². The second kappa shape index (κ2) is 14.5. The molecular formula is C32H43F3N2O3S. The maximum atomic E-state index is 14.0. The number of rotatable bonds is 15. The van der Waals surface area contributed by atoms with Gasteiger partial charge in [0, 0.05) is 36.3 Å². The number of aryl methyl sites for hydroxylation is 1. The van der Waals surface area contributed by atoms with Crippen molar-refractivity contribution >= 4 is 21.4 Å². The SMILES string of the molecule is Cc1ccc(S(=O)(=O)Nc2ccc(F)cc2OCCCCCCCCCC(F)F)cc1N1CCC2C1=CCCC2C. The quantitative estimate of drug-likeness (QED) is 0.210. The smallest absolute Gasteiger partial charge is 0.262 e. The lowest BCUT2D eigenvalue weighted by Crippen LogP contribution is -2.23. The van der Waals surface area contributed by atoms with Crippen LogP contribution in [0, 0.1) is 24.6 Å². The minimum atomic E-state index is -3.96. The zero-order chi connectivity index (χ0) is 29.4. The van der Waals surface area contributed by atoms with E-state index < -0.39 is 22.3 Å². The van der Waals surface area contributed by atoms with Gasteiger partial charge in [-0.15, -0.1) is 0 Å². The highest BCUT2D eigenvalue weighted by molar-refractivity contribution is 7.92. The van der Waals surface area contributed by atoms with E-state index in [4.69, 9.17) is 4.74 Å². The molecule has 2 aromatic carbocycles. The zero-order valence-corrected chi connectivity index (χ0v) is 25.0. The molecule has 5 nitrogen and oxygen atoms in total. The Morgan fingerprint density at radius 3 is 2.49 bits per heavy atom. The van der Waals surface area contributed by atoms with Crippen LogP contribution in [0.2, 0.25) is 0 Å². The van der Waals surface area contributed by atoms with Crippen LogP contribution in [-0.2, 0) is 10.0 Å². The molecule has 41 heavy (non-hydrogen) atoms. The number of hydrogen-bond donors (Lipinski definition) is 1. The molecule has 2 aromatic rings. The minimum Gasteiger partial charge on any atom is -0.491 e. The maximum Gasteiger partial charge on any atom is 0.262 e. The van der Waals surface area contributed by atoms with Crippen molar-refractivity contribution in [2.24, 2.45) is 11.8 Å². The molecule has 0 amide bonds. The van der Waals surface area contributed by atoms with Gasteiger partial charge in [-0.2, -0.15) is 0 Å². The highest BCUT2D eigenvalue weighted by Crippen LogP contribution is 2.43. The molecule has 226 valence electrons. The zero-order valence-electron chi connectivity index (χ0n) is 24.2. The van der Waals surface area contributed by atoms with Crippen molar-refractivity contribution in [3.63, 3.8) is 0 Å². The normalized spacial score (nSPS) is 18.9. The van der Waals surface area contributed by atoms with Crippen molar-refractivity contribution in [3.05, 3.63) is 59.6 Å². The molecule has 0 bridgehead atoms. The lowest BCUT2D eigenvalue weighted by atomic mass is 9.83. The third-order valence-corrected chi connectivity index (χ3v) is 9.67. The topological polar surface area (TPSA) is 58.6 Å². The number of fused-ring (bicyclic) bond motifs is 1. The average Bonchev–Trinajstić information content (AvgIpc) is 3.36. The van der Waals surface area contributed by atoms with Gasteiger partial charge in [-0.25, -0.2) is 21.6 Å². The van der Waals surface area contributed by atoms with E-state index in [1.807, 2.05) is 13.0 Å². The number of unbranched alkanes of at least 4 members (excludes halogenated alkanes) is 6. The van der Waals surface area contributed by atoms with Crippen LogP contribution in [0.3, 0.4) is 0 Å². The maximum absolute atomic E-state index is 14.0. The van der Waals surface area contributed by atoms with Gasteiger partial charge < -0.3 is 9.64 Å². The van der Waals surface area contributed by atoms with Crippen molar-refractivity contribution in [3.8, 4) is 5.75 Å². The highest BCUT2D eigenvalue weighted by atomic mass is 32.2. The van der Waals surface area contributed by atoms with E-state index in [1.165, 1.54) is 30.3 Å². The van der Waals surface area contributed by atoms with E-state index in [2.05, 4.69) is 22.6 Å². The fourth-order valence-corrected chi connectivity index (χ4v) is 7.05. The summed E-state index contributed by atoms with van der Waals surface area (Å²) < 4.78 is 73.8. The van der Waals surface area contributed by atoms with Gasteiger partial charge in [0.05, 0.1) is 17.2 Å². The van der Waals surface area contributed by atoms with Crippen molar-refractivity contribution < 1.29 is 26.3 Å². The number of halogens is 3. The average molecular weight is 593 g/mol. The molecule has 1 aliphatic carbocycles. The van der Waals surface area contributed by atoms with E-state index in [9.17, 15) is 21.6 Å². The summed E-state index contributed by atoms with van der Waals surface area (Å²) in [6.45, 7) is 5.48. The standard InChI is InChI=1S/C32H43F3N2O3S/c1-23-11-10-12-29-27(23)18-19-37(29)30-22-26(16-14-24(30)2)41(38,39)36-28-17-15-25(33)21-31(28)40-20-9-7-5-3-4-6-8-13-32(34)35/h12,14-17,21-23,27,32,36H,3-11,13,18-20H2,1-2H3. The van der Waals surface area contributed by atoms with Crippen LogP contribution in [0.15, 0.2) is 53.1 Å². The van der Waals surface area contributed by atoms with Gasteiger partial charge in [-0.1, -0.05) is 51.2 Å². The van der Waals surface area contributed by atoms with Crippen molar-refractivity contribution in [1.82, 2.24) is 0 Å². The number of ether oxygens (including phenoxy) is 1. The molecule has 1 heterocycles. The van der Waals surface area contributed by atoms with E-state index in [-0.39, 0.29) is 22.8 Å².